The standard InChI is InChI=1S/C17H13BrClNO2/c1-10-6-14(19)3-4-15(10)20-17(21)12-7-11-8-13(18)2-5-16(11)22-9-12/h2-8H,9H2,1H3,(H,20,21). The van der Waals surface area contributed by atoms with E-state index in [9.17, 15) is 4.79 Å². The summed E-state index contributed by atoms with van der Waals surface area (Å²) in [7, 11) is 0. The highest BCUT2D eigenvalue weighted by Crippen LogP contribution is 2.29. The summed E-state index contributed by atoms with van der Waals surface area (Å²) in [6.07, 6.45) is 1.85. The van der Waals surface area contributed by atoms with Crippen LogP contribution in [0.3, 0.4) is 0 Å². The van der Waals surface area contributed by atoms with Gasteiger partial charge in [0.25, 0.3) is 5.91 Å². The van der Waals surface area contributed by atoms with Crippen molar-refractivity contribution >= 4 is 45.2 Å². The van der Waals surface area contributed by atoms with Crippen LogP contribution in [-0.2, 0) is 4.79 Å². The Bertz CT molecular complexity index is 786. The van der Waals surface area contributed by atoms with E-state index in [1.807, 2.05) is 37.3 Å². The molecule has 0 bridgehead atoms. The number of carbonyl (C=O) groups excluding carboxylic acids is 1. The van der Waals surface area contributed by atoms with Gasteiger partial charge < -0.3 is 10.1 Å². The zero-order valence-corrected chi connectivity index (χ0v) is 14.2. The van der Waals surface area contributed by atoms with Gasteiger partial charge in [0, 0.05) is 20.7 Å². The van der Waals surface area contributed by atoms with Gasteiger partial charge in [-0.3, -0.25) is 4.79 Å². The van der Waals surface area contributed by atoms with Crippen LogP contribution in [0.1, 0.15) is 11.1 Å². The Morgan fingerprint density at radius 1 is 1.27 bits per heavy atom. The fraction of sp³-hybridized carbons (Fsp3) is 0.118. The first-order valence-electron chi connectivity index (χ1n) is 6.73. The third kappa shape index (κ3) is 3.18. The van der Waals surface area contributed by atoms with Crippen molar-refractivity contribution in [2.75, 3.05) is 11.9 Å². The van der Waals surface area contributed by atoms with Crippen molar-refractivity contribution in [3.63, 3.8) is 0 Å². The molecule has 0 unspecified atom stereocenters. The number of hydrogen-bond acceptors (Lipinski definition) is 2. The maximum absolute atomic E-state index is 12.4. The minimum absolute atomic E-state index is 0.170. The number of benzene rings is 2. The van der Waals surface area contributed by atoms with Gasteiger partial charge in [-0.05, 0) is 55.0 Å². The van der Waals surface area contributed by atoms with Gasteiger partial charge in [0.15, 0.2) is 0 Å². The lowest BCUT2D eigenvalue weighted by atomic mass is 10.1. The van der Waals surface area contributed by atoms with E-state index < -0.39 is 0 Å². The summed E-state index contributed by atoms with van der Waals surface area (Å²) in [6.45, 7) is 2.16. The average molecular weight is 379 g/mol. The van der Waals surface area contributed by atoms with E-state index in [0.717, 1.165) is 27.0 Å². The van der Waals surface area contributed by atoms with E-state index in [-0.39, 0.29) is 12.5 Å². The molecule has 0 saturated heterocycles. The molecule has 1 amide bonds. The summed E-state index contributed by atoms with van der Waals surface area (Å²) in [5, 5.41) is 3.54. The molecule has 3 rings (SSSR count). The molecule has 2 aromatic carbocycles. The number of amides is 1. The van der Waals surface area contributed by atoms with E-state index in [1.165, 1.54) is 0 Å². The molecule has 22 heavy (non-hydrogen) atoms. The second-order valence-corrected chi connectivity index (χ2v) is 6.41. The summed E-state index contributed by atoms with van der Waals surface area (Å²) >= 11 is 9.34. The molecule has 0 aliphatic carbocycles. The lowest BCUT2D eigenvalue weighted by Crippen LogP contribution is -2.21. The Morgan fingerprint density at radius 2 is 2.09 bits per heavy atom. The number of anilines is 1. The molecule has 1 N–H and O–H groups in total. The molecule has 112 valence electrons. The topological polar surface area (TPSA) is 38.3 Å². The van der Waals surface area contributed by atoms with Crippen molar-refractivity contribution in [2.24, 2.45) is 0 Å². The molecule has 0 saturated carbocycles. The summed E-state index contributed by atoms with van der Waals surface area (Å²) in [4.78, 5) is 12.4. The van der Waals surface area contributed by atoms with E-state index >= 15 is 0 Å². The van der Waals surface area contributed by atoms with Crippen LogP contribution in [0.4, 0.5) is 5.69 Å². The van der Waals surface area contributed by atoms with Crippen LogP contribution >= 0.6 is 27.5 Å². The Kier molecular flexibility index (Phi) is 4.23. The van der Waals surface area contributed by atoms with Crippen LogP contribution in [-0.4, -0.2) is 12.5 Å². The molecule has 0 radical (unpaired) electrons. The van der Waals surface area contributed by atoms with E-state index in [2.05, 4.69) is 21.2 Å². The Balaban J connectivity index is 1.84. The van der Waals surface area contributed by atoms with Crippen molar-refractivity contribution in [2.45, 2.75) is 6.92 Å². The smallest absolute Gasteiger partial charge is 0.255 e. The fourth-order valence-electron chi connectivity index (χ4n) is 2.25. The van der Waals surface area contributed by atoms with Crippen LogP contribution in [0, 0.1) is 6.92 Å². The van der Waals surface area contributed by atoms with Crippen molar-refractivity contribution in [3.05, 3.63) is 62.6 Å². The summed E-state index contributed by atoms with van der Waals surface area (Å²) in [6, 6.07) is 11.1. The maximum Gasteiger partial charge on any atom is 0.255 e. The molecule has 1 aliphatic rings. The van der Waals surface area contributed by atoms with Crippen molar-refractivity contribution in [3.8, 4) is 5.75 Å². The first kappa shape index (κ1) is 15.1. The lowest BCUT2D eigenvalue weighted by Gasteiger charge is -2.18. The Hall–Kier alpha value is -1.78. The number of nitrogens with one attached hydrogen (secondary N) is 1. The number of hydrogen-bond donors (Lipinski definition) is 1. The number of rotatable bonds is 2. The zero-order chi connectivity index (χ0) is 15.7. The molecule has 0 atom stereocenters. The minimum Gasteiger partial charge on any atom is -0.488 e. The molecule has 0 aromatic heterocycles. The van der Waals surface area contributed by atoms with Gasteiger partial charge in [-0.1, -0.05) is 27.5 Å². The normalized spacial score (nSPS) is 13.0. The zero-order valence-electron chi connectivity index (χ0n) is 11.8. The summed E-state index contributed by atoms with van der Waals surface area (Å²) < 4.78 is 6.57. The predicted molar refractivity (Wildman–Crippen MR) is 92.4 cm³/mol. The van der Waals surface area contributed by atoms with E-state index in [4.69, 9.17) is 16.3 Å². The summed E-state index contributed by atoms with van der Waals surface area (Å²) in [5.41, 5.74) is 3.13. The van der Waals surface area contributed by atoms with Crippen molar-refractivity contribution < 1.29 is 9.53 Å². The number of ether oxygens (including phenoxy) is 1. The van der Waals surface area contributed by atoms with Crippen LogP contribution in [0.15, 0.2) is 46.4 Å². The van der Waals surface area contributed by atoms with Gasteiger partial charge in [0.2, 0.25) is 0 Å². The van der Waals surface area contributed by atoms with Crippen LogP contribution in [0.2, 0.25) is 5.02 Å². The van der Waals surface area contributed by atoms with Gasteiger partial charge in [-0.2, -0.15) is 0 Å². The first-order valence-corrected chi connectivity index (χ1v) is 7.90. The highest BCUT2D eigenvalue weighted by Gasteiger charge is 2.18. The highest BCUT2D eigenvalue weighted by molar-refractivity contribution is 9.10. The third-order valence-corrected chi connectivity index (χ3v) is 4.14. The van der Waals surface area contributed by atoms with Crippen molar-refractivity contribution in [1.82, 2.24) is 0 Å². The molecule has 2 aromatic rings. The molecule has 1 aliphatic heterocycles. The van der Waals surface area contributed by atoms with Gasteiger partial charge in [-0.15, -0.1) is 0 Å². The number of carbonyl (C=O) groups is 1. The third-order valence-electron chi connectivity index (χ3n) is 3.41. The Labute approximate surface area is 142 Å². The number of aryl methyl sites for hydroxylation is 1. The molecular formula is C17H13BrClNO2. The first-order chi connectivity index (χ1) is 10.5. The molecular weight excluding hydrogens is 366 g/mol. The molecule has 5 heteroatoms. The second kappa shape index (κ2) is 6.15. The monoisotopic (exact) mass is 377 g/mol. The van der Waals surface area contributed by atoms with Gasteiger partial charge in [0.1, 0.15) is 12.4 Å². The molecule has 0 fully saturated rings. The SMILES string of the molecule is Cc1cc(Cl)ccc1NC(=O)C1=Cc2cc(Br)ccc2OC1. The van der Waals surface area contributed by atoms with Crippen LogP contribution < -0.4 is 10.1 Å². The van der Waals surface area contributed by atoms with Crippen LogP contribution in [0.5, 0.6) is 5.75 Å². The Morgan fingerprint density at radius 3 is 2.86 bits per heavy atom. The van der Waals surface area contributed by atoms with Crippen LogP contribution in [0.25, 0.3) is 6.08 Å². The molecule has 1 heterocycles. The van der Waals surface area contributed by atoms with Crippen molar-refractivity contribution in [1.29, 1.82) is 0 Å². The lowest BCUT2D eigenvalue weighted by molar-refractivity contribution is -0.113. The van der Waals surface area contributed by atoms with Gasteiger partial charge in [0.05, 0.1) is 5.57 Å². The quantitative estimate of drug-likeness (QED) is 0.813. The van der Waals surface area contributed by atoms with E-state index in [1.54, 1.807) is 12.1 Å². The molecule has 0 spiro atoms. The van der Waals surface area contributed by atoms with Gasteiger partial charge in [-0.25, -0.2) is 0 Å². The summed E-state index contributed by atoms with van der Waals surface area (Å²) in [5.74, 6) is 0.610. The highest BCUT2D eigenvalue weighted by atomic mass is 79.9. The number of halogens is 2. The fourth-order valence-corrected chi connectivity index (χ4v) is 2.85. The minimum atomic E-state index is -0.170. The average Bonchev–Trinajstić information content (AvgIpc) is 2.49. The number of fused-ring (bicyclic) bond motifs is 1. The maximum atomic E-state index is 12.4. The molecule has 3 nitrogen and oxygen atoms in total. The largest absolute Gasteiger partial charge is 0.488 e. The predicted octanol–water partition coefficient (Wildman–Crippen LogP) is 4.83. The second-order valence-electron chi connectivity index (χ2n) is 5.05. The van der Waals surface area contributed by atoms with Gasteiger partial charge >= 0.3 is 0 Å². The van der Waals surface area contributed by atoms with E-state index in [0.29, 0.717) is 10.6 Å².